The number of fused-ring (bicyclic) bond motifs is 4. The number of methoxy groups -OCH3 is 2. The van der Waals surface area contributed by atoms with Crippen LogP contribution in [0.4, 0.5) is 5.69 Å². The Labute approximate surface area is 403 Å². The number of likely N-dealkylation sites (tertiary alicyclic amines) is 2. The Kier molecular flexibility index (Phi) is 15.1. The summed E-state index contributed by atoms with van der Waals surface area (Å²) in [5.41, 5.74) is 7.21. The van der Waals surface area contributed by atoms with Crippen molar-refractivity contribution in [3.05, 3.63) is 128 Å². The molecule has 69 heavy (non-hydrogen) atoms. The Morgan fingerprint density at radius 2 is 1.07 bits per heavy atom. The maximum absolute atomic E-state index is 12.5. The fourth-order valence-corrected chi connectivity index (χ4v) is 9.92. The van der Waals surface area contributed by atoms with Gasteiger partial charge in [0, 0.05) is 75.3 Å². The van der Waals surface area contributed by atoms with Crippen molar-refractivity contribution in [3.63, 3.8) is 0 Å². The van der Waals surface area contributed by atoms with E-state index in [2.05, 4.69) is 37.9 Å². The monoisotopic (exact) mass is 939 g/mol. The summed E-state index contributed by atoms with van der Waals surface area (Å²) in [7, 11) is 6.98. The highest BCUT2D eigenvalue weighted by Crippen LogP contribution is 2.32. The lowest BCUT2D eigenvalue weighted by Crippen LogP contribution is -2.42. The van der Waals surface area contributed by atoms with Crippen molar-refractivity contribution < 1.29 is 28.5 Å². The van der Waals surface area contributed by atoms with Gasteiger partial charge < -0.3 is 58.6 Å². The summed E-state index contributed by atoms with van der Waals surface area (Å²) < 4.78 is 31.0. The molecule has 0 unspecified atom stereocenters. The van der Waals surface area contributed by atoms with Gasteiger partial charge in [-0.25, -0.2) is 0 Å². The number of nitrogens with zero attached hydrogens (tertiary/aromatic N) is 4. The number of carbonyl (C=O) groups excluding carboxylic acids is 1. The molecule has 2 aromatic heterocycles. The number of benzene rings is 4. The van der Waals surface area contributed by atoms with Crippen molar-refractivity contribution in [2.75, 3.05) is 78.6 Å². The predicted molar refractivity (Wildman–Crippen MR) is 269 cm³/mol. The highest BCUT2D eigenvalue weighted by molar-refractivity contribution is 5.95. The van der Waals surface area contributed by atoms with Gasteiger partial charge in [-0.15, -0.1) is 0 Å². The van der Waals surface area contributed by atoms with Crippen molar-refractivity contribution in [1.29, 1.82) is 0 Å². The number of anilines is 1. The highest BCUT2D eigenvalue weighted by atomic mass is 16.6. The summed E-state index contributed by atoms with van der Waals surface area (Å²) in [6.45, 7) is 8.96. The average molecular weight is 940 g/mol. The molecule has 2 fully saturated rings. The molecular weight excluding hydrogens is 875 g/mol. The predicted octanol–water partition coefficient (Wildman–Crippen LogP) is 5.79. The highest BCUT2D eigenvalue weighted by Gasteiger charge is 2.22. The van der Waals surface area contributed by atoms with E-state index in [1.165, 1.54) is 5.56 Å². The minimum atomic E-state index is -0.113. The van der Waals surface area contributed by atoms with Gasteiger partial charge in [-0.2, -0.15) is 0 Å². The number of hydrogen-bond acceptors (Lipinski definition) is 12. The summed E-state index contributed by atoms with van der Waals surface area (Å²) in [4.78, 5) is 41.5. The smallest absolute Gasteiger partial charge is 0.262 e. The van der Waals surface area contributed by atoms with Gasteiger partial charge in [0.05, 0.1) is 30.9 Å². The van der Waals surface area contributed by atoms with E-state index >= 15 is 0 Å². The quantitative estimate of drug-likeness (QED) is 0.121. The first kappa shape index (κ1) is 47.7. The van der Waals surface area contributed by atoms with E-state index in [0.717, 1.165) is 164 Å². The third kappa shape index (κ3) is 11.6. The summed E-state index contributed by atoms with van der Waals surface area (Å²) in [6.07, 6.45) is 6.09. The standard InChI is InChI=1S/C27H32N4O4.C27H33N3O4/c1-30-24-5-4-21(34-2)15-22(24)19(14-27(30)33)7-10-31-11-8-20(9-12-31)28-16-18-3-6-25-23(13-18)29-26(32)17-35-25;1-29-24-5-4-22(32-2)17-23(24)20(16-27(29)31)7-10-30-11-8-21(9-12-30)28-18-19-3-6-25-26(15-19)34-14-13-33-25/h3-6,13-15,20,28H,7-12,16-17H2,1-2H3,(H,29,32);3-6,15-17,21,28H,7-14,18H2,1-2H3. The van der Waals surface area contributed by atoms with Crippen LogP contribution in [0.25, 0.3) is 21.8 Å². The van der Waals surface area contributed by atoms with Gasteiger partial charge in [0.25, 0.3) is 17.0 Å². The van der Waals surface area contributed by atoms with E-state index in [-0.39, 0.29) is 23.6 Å². The van der Waals surface area contributed by atoms with Crippen molar-refractivity contribution in [2.24, 2.45) is 14.1 Å². The first-order valence-electron chi connectivity index (χ1n) is 24.3. The number of aromatic nitrogens is 2. The van der Waals surface area contributed by atoms with Crippen LogP contribution in [-0.2, 0) is 44.8 Å². The molecule has 15 heteroatoms. The van der Waals surface area contributed by atoms with Gasteiger partial charge in [-0.05, 0) is 148 Å². The molecule has 10 rings (SSSR count). The number of hydrogen-bond donors (Lipinski definition) is 3. The lowest BCUT2D eigenvalue weighted by atomic mass is 10.0. The maximum atomic E-state index is 12.5. The van der Waals surface area contributed by atoms with Crippen LogP contribution in [0.5, 0.6) is 28.7 Å². The first-order chi connectivity index (χ1) is 33.6. The fourth-order valence-electron chi connectivity index (χ4n) is 9.92. The molecule has 0 spiro atoms. The number of amides is 1. The molecule has 4 aliphatic heterocycles. The Morgan fingerprint density at radius 1 is 0.580 bits per heavy atom. The maximum Gasteiger partial charge on any atom is 0.262 e. The molecule has 4 aliphatic rings. The third-order valence-electron chi connectivity index (χ3n) is 14.1. The number of piperidine rings is 2. The number of aryl methyl sites for hydroxylation is 2. The molecule has 2 saturated heterocycles. The molecule has 4 aromatic carbocycles. The fraction of sp³-hybridized carbons (Fsp3) is 0.426. The minimum absolute atomic E-state index is 0.0221. The molecule has 364 valence electrons. The molecule has 0 aliphatic carbocycles. The van der Waals surface area contributed by atoms with E-state index in [0.29, 0.717) is 25.3 Å². The summed E-state index contributed by atoms with van der Waals surface area (Å²) in [6, 6.07) is 28.5. The zero-order valence-electron chi connectivity index (χ0n) is 40.3. The number of nitrogens with one attached hydrogen (secondary N) is 3. The molecule has 0 saturated carbocycles. The van der Waals surface area contributed by atoms with Crippen LogP contribution < -0.4 is 50.8 Å². The van der Waals surface area contributed by atoms with Gasteiger partial charge >= 0.3 is 0 Å². The second-order valence-corrected chi connectivity index (χ2v) is 18.5. The van der Waals surface area contributed by atoms with Crippen molar-refractivity contribution in [2.45, 2.75) is 63.7 Å². The van der Waals surface area contributed by atoms with Crippen molar-refractivity contribution in [1.82, 2.24) is 29.6 Å². The molecule has 0 atom stereocenters. The van der Waals surface area contributed by atoms with E-state index in [1.54, 1.807) is 35.5 Å². The topological polar surface area (TPSA) is 150 Å². The zero-order valence-corrected chi connectivity index (χ0v) is 40.3. The van der Waals surface area contributed by atoms with Crippen molar-refractivity contribution >= 4 is 33.4 Å². The van der Waals surface area contributed by atoms with Gasteiger partial charge in [0.15, 0.2) is 18.1 Å². The van der Waals surface area contributed by atoms with Crippen LogP contribution in [0, 0.1) is 0 Å². The summed E-state index contributed by atoms with van der Waals surface area (Å²) >= 11 is 0. The normalized spacial score (nSPS) is 16.6. The van der Waals surface area contributed by atoms with Crippen molar-refractivity contribution in [3.8, 4) is 28.7 Å². The molecule has 0 radical (unpaired) electrons. The second-order valence-electron chi connectivity index (χ2n) is 18.5. The lowest BCUT2D eigenvalue weighted by molar-refractivity contribution is -0.118. The lowest BCUT2D eigenvalue weighted by Gasteiger charge is -2.32. The van der Waals surface area contributed by atoms with Gasteiger partial charge in [0.1, 0.15) is 30.5 Å². The van der Waals surface area contributed by atoms with Crippen LogP contribution >= 0.6 is 0 Å². The Hall–Kier alpha value is -6.39. The summed E-state index contributed by atoms with van der Waals surface area (Å²) in [5, 5.41) is 12.4. The van der Waals surface area contributed by atoms with Gasteiger partial charge in [0.2, 0.25) is 0 Å². The number of ether oxygens (including phenoxy) is 5. The molecule has 6 aromatic rings. The minimum Gasteiger partial charge on any atom is -0.497 e. The average Bonchev–Trinajstić information content (AvgIpc) is 3.39. The number of rotatable bonds is 14. The van der Waals surface area contributed by atoms with Gasteiger partial charge in [-0.1, -0.05) is 12.1 Å². The van der Waals surface area contributed by atoms with Crippen LogP contribution in [0.2, 0.25) is 0 Å². The van der Waals surface area contributed by atoms with Crippen LogP contribution in [0.1, 0.15) is 47.9 Å². The molecule has 1 amide bonds. The molecule has 3 N–H and O–H groups in total. The van der Waals surface area contributed by atoms with Crippen LogP contribution in [0.15, 0.2) is 94.5 Å². The van der Waals surface area contributed by atoms with Crippen LogP contribution in [-0.4, -0.2) is 110 Å². The van der Waals surface area contributed by atoms with E-state index in [1.807, 2.05) is 74.8 Å². The Bertz CT molecular complexity index is 2900. The largest absolute Gasteiger partial charge is 0.497 e. The Balaban J connectivity index is 0.000000172. The molecule has 0 bridgehead atoms. The molecule has 6 heterocycles. The van der Waals surface area contributed by atoms with E-state index in [4.69, 9.17) is 23.7 Å². The second kappa shape index (κ2) is 21.9. The molecule has 15 nitrogen and oxygen atoms in total. The van der Waals surface area contributed by atoms with Crippen LogP contribution in [0.3, 0.4) is 0 Å². The molecular formula is C54H65N7O8. The van der Waals surface area contributed by atoms with E-state index < -0.39 is 0 Å². The summed E-state index contributed by atoms with van der Waals surface area (Å²) in [5.74, 6) is 3.92. The zero-order chi connectivity index (χ0) is 47.9. The number of pyridine rings is 2. The Morgan fingerprint density at radius 3 is 1.59 bits per heavy atom. The van der Waals surface area contributed by atoms with E-state index in [9.17, 15) is 14.4 Å². The third-order valence-corrected chi connectivity index (χ3v) is 14.1. The first-order valence-corrected chi connectivity index (χ1v) is 24.3. The van der Waals surface area contributed by atoms with Gasteiger partial charge in [-0.3, -0.25) is 14.4 Å². The number of carbonyl (C=O) groups is 1. The SMILES string of the molecule is COc1ccc2c(c1)c(CCN1CCC(NCc3ccc4c(c3)NC(=O)CO4)CC1)cc(=O)n2C.COc1ccc2c(c1)c(CCN1CCC(NCc3ccc4c(c3)OCCO4)CC1)cc(=O)n2C.